The van der Waals surface area contributed by atoms with Gasteiger partial charge in [0.1, 0.15) is 0 Å². The molecule has 0 aromatic carbocycles. The Morgan fingerprint density at radius 1 is 1.11 bits per heavy atom. The summed E-state index contributed by atoms with van der Waals surface area (Å²) in [5.74, 6) is -1.41. The average molecular weight is 406 g/mol. The summed E-state index contributed by atoms with van der Waals surface area (Å²) in [6, 6.07) is 0. The van der Waals surface area contributed by atoms with E-state index in [1.54, 1.807) is 0 Å². The van der Waals surface area contributed by atoms with Gasteiger partial charge < -0.3 is 14.9 Å². The summed E-state index contributed by atoms with van der Waals surface area (Å²) in [5.41, 5.74) is 0.215. The lowest BCUT2D eigenvalue weighted by molar-refractivity contribution is -0.192. The molecule has 3 fully saturated rings. The third kappa shape index (κ3) is 6.09. The van der Waals surface area contributed by atoms with Crippen LogP contribution in [0.15, 0.2) is 0 Å². The third-order valence-corrected chi connectivity index (χ3v) is 6.49. The van der Waals surface area contributed by atoms with Gasteiger partial charge in [-0.1, -0.05) is 19.3 Å². The molecule has 1 spiro atoms. The number of aliphatic carboxylic acids is 1. The quantitative estimate of drug-likeness (QED) is 0.768. The SMILES string of the molecule is CCN1C(=O)CCC12CCCN(CC1CCCCC1)CC2.O=C(O)C(F)(F)F. The van der Waals surface area contributed by atoms with E-state index in [9.17, 15) is 18.0 Å². The molecule has 0 aromatic rings. The molecule has 1 aliphatic carbocycles. The summed E-state index contributed by atoms with van der Waals surface area (Å²) in [5, 5.41) is 7.12. The maximum Gasteiger partial charge on any atom is 0.490 e. The van der Waals surface area contributed by atoms with Gasteiger partial charge in [0.25, 0.3) is 0 Å². The fourth-order valence-electron chi connectivity index (χ4n) is 5.06. The number of carboxylic acid groups (broad SMARTS) is 1. The topological polar surface area (TPSA) is 60.9 Å². The number of alkyl halides is 3. The molecule has 3 aliphatic rings. The summed E-state index contributed by atoms with van der Waals surface area (Å²) >= 11 is 0. The molecule has 1 N–H and O–H groups in total. The minimum Gasteiger partial charge on any atom is -0.475 e. The molecule has 0 aromatic heterocycles. The Kier molecular flexibility index (Phi) is 8.16. The van der Waals surface area contributed by atoms with Gasteiger partial charge in [0, 0.05) is 31.6 Å². The molecule has 8 heteroatoms. The lowest BCUT2D eigenvalue weighted by Crippen LogP contribution is -2.46. The number of carbonyl (C=O) groups is 2. The molecule has 28 heavy (non-hydrogen) atoms. The van der Waals surface area contributed by atoms with Crippen LogP contribution in [-0.2, 0) is 9.59 Å². The number of likely N-dealkylation sites (tertiary alicyclic amines) is 2. The van der Waals surface area contributed by atoms with Gasteiger partial charge in [0.05, 0.1) is 0 Å². The first-order chi connectivity index (χ1) is 13.2. The maximum atomic E-state index is 12.1. The van der Waals surface area contributed by atoms with E-state index in [1.165, 1.54) is 71.0 Å². The number of rotatable bonds is 3. The first-order valence-corrected chi connectivity index (χ1v) is 10.5. The van der Waals surface area contributed by atoms with Gasteiger partial charge in [-0.25, -0.2) is 4.79 Å². The highest BCUT2D eigenvalue weighted by Gasteiger charge is 2.44. The molecule has 5 nitrogen and oxygen atoms in total. The van der Waals surface area contributed by atoms with Crippen molar-refractivity contribution < 1.29 is 27.9 Å². The van der Waals surface area contributed by atoms with Gasteiger partial charge in [-0.05, 0) is 57.9 Å². The zero-order valence-corrected chi connectivity index (χ0v) is 16.8. The van der Waals surface area contributed by atoms with E-state index in [1.807, 2.05) is 0 Å². The molecule has 0 radical (unpaired) electrons. The first kappa shape index (κ1) is 23.0. The van der Waals surface area contributed by atoms with Crippen molar-refractivity contribution >= 4 is 11.9 Å². The number of carbonyl (C=O) groups excluding carboxylic acids is 1. The van der Waals surface area contributed by atoms with Crippen molar-refractivity contribution in [2.75, 3.05) is 26.2 Å². The Morgan fingerprint density at radius 2 is 1.75 bits per heavy atom. The molecule has 1 saturated carbocycles. The van der Waals surface area contributed by atoms with Crippen molar-refractivity contribution in [3.8, 4) is 0 Å². The van der Waals surface area contributed by atoms with E-state index in [4.69, 9.17) is 9.90 Å². The molecule has 1 unspecified atom stereocenters. The molecular weight excluding hydrogens is 373 g/mol. The molecule has 0 bridgehead atoms. The summed E-state index contributed by atoms with van der Waals surface area (Å²) in [6.45, 7) is 6.83. The van der Waals surface area contributed by atoms with Gasteiger partial charge in [0.15, 0.2) is 0 Å². The highest BCUT2D eigenvalue weighted by atomic mass is 19.4. The van der Waals surface area contributed by atoms with Crippen LogP contribution in [0.3, 0.4) is 0 Å². The zero-order chi connectivity index (χ0) is 20.8. The second-order valence-electron chi connectivity index (χ2n) is 8.32. The van der Waals surface area contributed by atoms with Crippen molar-refractivity contribution in [3.05, 3.63) is 0 Å². The minimum atomic E-state index is -5.08. The number of halogens is 3. The van der Waals surface area contributed by atoms with Crippen LogP contribution < -0.4 is 0 Å². The highest BCUT2D eigenvalue weighted by molar-refractivity contribution is 5.79. The van der Waals surface area contributed by atoms with Crippen LogP contribution in [0.25, 0.3) is 0 Å². The van der Waals surface area contributed by atoms with E-state index in [0.717, 1.165) is 25.3 Å². The average Bonchev–Trinajstić information content (AvgIpc) is 2.81. The second-order valence-corrected chi connectivity index (χ2v) is 8.32. The van der Waals surface area contributed by atoms with E-state index >= 15 is 0 Å². The number of hydrogen-bond donors (Lipinski definition) is 1. The van der Waals surface area contributed by atoms with Crippen molar-refractivity contribution in [2.45, 2.75) is 82.8 Å². The Hall–Kier alpha value is -1.31. The number of nitrogens with zero attached hydrogens (tertiary/aromatic N) is 2. The normalized spacial score (nSPS) is 27.4. The van der Waals surface area contributed by atoms with Crippen molar-refractivity contribution in [3.63, 3.8) is 0 Å². The van der Waals surface area contributed by atoms with Gasteiger partial charge >= 0.3 is 12.1 Å². The second kappa shape index (κ2) is 9.94. The summed E-state index contributed by atoms with van der Waals surface area (Å²) in [7, 11) is 0. The van der Waals surface area contributed by atoms with Crippen LogP contribution in [0.1, 0.15) is 71.1 Å². The van der Waals surface area contributed by atoms with Crippen LogP contribution >= 0.6 is 0 Å². The van der Waals surface area contributed by atoms with E-state index in [2.05, 4.69) is 16.7 Å². The predicted octanol–water partition coefficient (Wildman–Crippen LogP) is 4.07. The number of hydrogen-bond acceptors (Lipinski definition) is 3. The Balaban J connectivity index is 0.000000345. The fourth-order valence-corrected chi connectivity index (χ4v) is 5.06. The van der Waals surface area contributed by atoms with E-state index < -0.39 is 12.1 Å². The van der Waals surface area contributed by atoms with E-state index in [-0.39, 0.29) is 5.54 Å². The van der Waals surface area contributed by atoms with Gasteiger partial charge in [-0.2, -0.15) is 13.2 Å². The standard InChI is InChI=1S/C18H32N2O.C2HF3O2/c1-2-20-17(21)9-11-18(20)10-6-13-19(14-12-18)15-16-7-4-3-5-8-16;3-2(4,5)1(6)7/h16H,2-15H2,1H3;(H,6,7). The summed E-state index contributed by atoms with van der Waals surface area (Å²) in [4.78, 5) is 25.9. The highest BCUT2D eigenvalue weighted by Crippen LogP contribution is 2.39. The van der Waals surface area contributed by atoms with Crippen LogP contribution in [0.5, 0.6) is 0 Å². The molecule has 1 atom stereocenters. The minimum absolute atomic E-state index is 0.215. The monoisotopic (exact) mass is 406 g/mol. The van der Waals surface area contributed by atoms with Gasteiger partial charge in [-0.3, -0.25) is 4.79 Å². The lowest BCUT2D eigenvalue weighted by Gasteiger charge is -2.37. The molecule has 1 amide bonds. The molecular formula is C20H33F3N2O3. The molecule has 162 valence electrons. The van der Waals surface area contributed by atoms with Crippen LogP contribution in [-0.4, -0.2) is 64.7 Å². The van der Waals surface area contributed by atoms with Crippen LogP contribution in [0.4, 0.5) is 13.2 Å². The van der Waals surface area contributed by atoms with E-state index in [0.29, 0.717) is 5.91 Å². The summed E-state index contributed by atoms with van der Waals surface area (Å²) < 4.78 is 31.7. The van der Waals surface area contributed by atoms with Crippen molar-refractivity contribution in [1.82, 2.24) is 9.80 Å². The van der Waals surface area contributed by atoms with Gasteiger partial charge in [0.2, 0.25) is 5.91 Å². The Morgan fingerprint density at radius 3 is 2.32 bits per heavy atom. The first-order valence-electron chi connectivity index (χ1n) is 10.5. The smallest absolute Gasteiger partial charge is 0.475 e. The number of carboxylic acids is 1. The largest absolute Gasteiger partial charge is 0.490 e. The fraction of sp³-hybridized carbons (Fsp3) is 0.900. The van der Waals surface area contributed by atoms with Crippen LogP contribution in [0.2, 0.25) is 0 Å². The Labute approximate surface area is 165 Å². The molecule has 2 aliphatic heterocycles. The number of amides is 1. The van der Waals surface area contributed by atoms with Gasteiger partial charge in [-0.15, -0.1) is 0 Å². The molecule has 2 saturated heterocycles. The maximum absolute atomic E-state index is 12.1. The molecule has 2 heterocycles. The lowest BCUT2D eigenvalue weighted by atomic mass is 9.87. The zero-order valence-electron chi connectivity index (χ0n) is 16.8. The van der Waals surface area contributed by atoms with Crippen LogP contribution in [0, 0.1) is 5.92 Å². The Bertz CT molecular complexity index is 535. The van der Waals surface area contributed by atoms with Crippen molar-refractivity contribution in [2.24, 2.45) is 5.92 Å². The van der Waals surface area contributed by atoms with Crippen molar-refractivity contribution in [1.29, 1.82) is 0 Å². The molecule has 3 rings (SSSR count). The summed E-state index contributed by atoms with van der Waals surface area (Å²) in [6.07, 6.45) is 7.76. The third-order valence-electron chi connectivity index (χ3n) is 6.49. The predicted molar refractivity (Wildman–Crippen MR) is 99.9 cm³/mol.